The molecule has 2 rings (SSSR count). The Hall–Kier alpha value is -0.500. The molecule has 0 aromatic heterocycles. The lowest BCUT2D eigenvalue weighted by Gasteiger charge is -2.14. The van der Waals surface area contributed by atoms with Crippen LogP contribution in [0.2, 0.25) is 5.02 Å². The highest BCUT2D eigenvalue weighted by Gasteiger charge is 2.42. The lowest BCUT2D eigenvalue weighted by Crippen LogP contribution is -2.32. The molecule has 0 spiro atoms. The molecule has 1 aliphatic carbocycles. The monoisotopic (exact) mass is 324 g/mol. The highest BCUT2D eigenvalue weighted by Crippen LogP contribution is 2.46. The summed E-state index contributed by atoms with van der Waals surface area (Å²) >= 11 is 7.22. The maximum atomic E-state index is 13.8. The average molecular weight is 325 g/mol. The average Bonchev–Trinajstić information content (AvgIpc) is 3.12. The van der Waals surface area contributed by atoms with Gasteiger partial charge in [0.15, 0.2) is 5.82 Å². The summed E-state index contributed by atoms with van der Waals surface area (Å²) < 4.78 is 40.3. The Bertz CT molecular complexity index is 603. The number of hydrogen-bond acceptors (Lipinski definition) is 4. The lowest BCUT2D eigenvalue weighted by molar-refractivity contribution is 0.556. The standard InChI is InChI=1S/C11H14ClFN2O2S2/c1-18-11(2-3-11)6-15-19(16,17)9-5-7(14)4-8(12)10(9)13/h4-5,15H,2-3,6,14H2,1H3. The molecular formula is C11H14ClFN2O2S2. The van der Waals surface area contributed by atoms with E-state index in [1.807, 2.05) is 6.26 Å². The third-order valence-electron chi connectivity index (χ3n) is 3.13. The van der Waals surface area contributed by atoms with Crippen LogP contribution < -0.4 is 10.5 Å². The van der Waals surface area contributed by atoms with Crippen LogP contribution in [-0.4, -0.2) is 26.0 Å². The second-order valence-electron chi connectivity index (χ2n) is 4.53. The maximum absolute atomic E-state index is 13.8. The van der Waals surface area contributed by atoms with Crippen molar-refractivity contribution in [3.8, 4) is 0 Å². The predicted octanol–water partition coefficient (Wildman–Crippen LogP) is 2.24. The quantitative estimate of drug-likeness (QED) is 0.815. The van der Waals surface area contributed by atoms with Gasteiger partial charge in [-0.25, -0.2) is 17.5 Å². The summed E-state index contributed by atoms with van der Waals surface area (Å²) in [6, 6.07) is 2.25. The number of nitrogen functional groups attached to an aromatic ring is 1. The fourth-order valence-corrected chi connectivity index (χ4v) is 4.04. The molecule has 1 aromatic carbocycles. The Morgan fingerprint density at radius 3 is 2.68 bits per heavy atom. The molecule has 0 atom stereocenters. The molecular weight excluding hydrogens is 311 g/mol. The van der Waals surface area contributed by atoms with Crippen LogP contribution >= 0.6 is 23.4 Å². The van der Waals surface area contributed by atoms with Gasteiger partial charge in [0.05, 0.1) is 5.02 Å². The van der Waals surface area contributed by atoms with Crippen LogP contribution in [0.5, 0.6) is 0 Å². The number of benzene rings is 1. The number of hydrogen-bond donors (Lipinski definition) is 2. The molecule has 8 heteroatoms. The van der Waals surface area contributed by atoms with Crippen molar-refractivity contribution in [2.45, 2.75) is 22.5 Å². The van der Waals surface area contributed by atoms with Crippen LogP contribution in [0.25, 0.3) is 0 Å². The van der Waals surface area contributed by atoms with Crippen molar-refractivity contribution in [2.24, 2.45) is 0 Å². The minimum Gasteiger partial charge on any atom is -0.399 e. The largest absolute Gasteiger partial charge is 0.399 e. The van der Waals surface area contributed by atoms with Gasteiger partial charge in [-0.15, -0.1) is 0 Å². The van der Waals surface area contributed by atoms with E-state index < -0.39 is 20.7 Å². The molecule has 0 unspecified atom stereocenters. The Morgan fingerprint density at radius 1 is 1.53 bits per heavy atom. The molecule has 19 heavy (non-hydrogen) atoms. The normalized spacial score (nSPS) is 17.4. The summed E-state index contributed by atoms with van der Waals surface area (Å²) in [7, 11) is -3.94. The first-order valence-electron chi connectivity index (χ1n) is 5.59. The molecule has 0 radical (unpaired) electrons. The van der Waals surface area contributed by atoms with Crippen molar-refractivity contribution in [3.63, 3.8) is 0 Å². The van der Waals surface area contributed by atoms with Crippen molar-refractivity contribution in [1.82, 2.24) is 4.72 Å². The number of sulfonamides is 1. The molecule has 0 heterocycles. The van der Waals surface area contributed by atoms with Crippen LogP contribution in [0.3, 0.4) is 0 Å². The fraction of sp³-hybridized carbons (Fsp3) is 0.455. The Kier molecular flexibility index (Phi) is 4.02. The van der Waals surface area contributed by atoms with E-state index in [0.717, 1.165) is 18.9 Å². The number of anilines is 1. The molecule has 1 aliphatic rings. The third-order valence-corrected chi connectivity index (χ3v) is 6.23. The van der Waals surface area contributed by atoms with Crippen molar-refractivity contribution in [2.75, 3.05) is 18.5 Å². The molecule has 0 saturated heterocycles. The van der Waals surface area contributed by atoms with Crippen LogP contribution in [0.1, 0.15) is 12.8 Å². The third kappa shape index (κ3) is 3.16. The van der Waals surface area contributed by atoms with Crippen molar-refractivity contribution >= 4 is 39.1 Å². The van der Waals surface area contributed by atoms with Gasteiger partial charge in [-0.05, 0) is 31.2 Å². The molecule has 1 fully saturated rings. The highest BCUT2D eigenvalue weighted by atomic mass is 35.5. The predicted molar refractivity (Wildman–Crippen MR) is 76.5 cm³/mol. The number of nitrogens with two attached hydrogens (primary N) is 1. The van der Waals surface area contributed by atoms with Crippen molar-refractivity contribution in [1.29, 1.82) is 0 Å². The van der Waals surface area contributed by atoms with E-state index in [4.69, 9.17) is 17.3 Å². The van der Waals surface area contributed by atoms with Gasteiger partial charge in [0.2, 0.25) is 10.0 Å². The zero-order valence-corrected chi connectivity index (χ0v) is 12.6. The summed E-state index contributed by atoms with van der Waals surface area (Å²) in [5.41, 5.74) is 5.61. The van der Waals surface area contributed by atoms with Gasteiger partial charge < -0.3 is 5.73 Å². The maximum Gasteiger partial charge on any atom is 0.243 e. The SMILES string of the molecule is CSC1(CNS(=O)(=O)c2cc(N)cc(Cl)c2F)CC1. The smallest absolute Gasteiger partial charge is 0.243 e. The summed E-state index contributed by atoms with van der Waals surface area (Å²) in [4.78, 5) is -0.505. The van der Waals surface area contributed by atoms with Crippen LogP contribution in [0.4, 0.5) is 10.1 Å². The topological polar surface area (TPSA) is 72.2 Å². The summed E-state index contributed by atoms with van der Waals surface area (Å²) in [6.45, 7) is 0.280. The summed E-state index contributed by atoms with van der Waals surface area (Å²) in [5, 5.41) is -0.300. The van der Waals surface area contributed by atoms with E-state index in [2.05, 4.69) is 4.72 Å². The van der Waals surface area contributed by atoms with Crippen molar-refractivity contribution < 1.29 is 12.8 Å². The van der Waals surface area contributed by atoms with Gasteiger partial charge in [0.1, 0.15) is 4.90 Å². The first kappa shape index (κ1) is 14.9. The van der Waals surface area contributed by atoms with Gasteiger partial charge in [0.25, 0.3) is 0 Å². The van der Waals surface area contributed by atoms with Gasteiger partial charge in [-0.1, -0.05) is 11.6 Å². The Labute approximate surface area is 120 Å². The number of thioether (sulfide) groups is 1. The molecule has 0 amide bonds. The fourth-order valence-electron chi connectivity index (χ4n) is 1.68. The highest BCUT2D eigenvalue weighted by molar-refractivity contribution is 8.00. The number of rotatable bonds is 5. The number of halogens is 2. The molecule has 0 bridgehead atoms. The van der Waals surface area contributed by atoms with Gasteiger partial charge in [-0.2, -0.15) is 11.8 Å². The molecule has 0 aliphatic heterocycles. The summed E-state index contributed by atoms with van der Waals surface area (Å²) in [6.07, 6.45) is 3.84. The Morgan fingerprint density at radius 2 is 2.16 bits per heavy atom. The second-order valence-corrected chi connectivity index (χ2v) is 7.94. The molecule has 106 valence electrons. The molecule has 1 saturated carbocycles. The van der Waals surface area contributed by atoms with Gasteiger partial charge >= 0.3 is 0 Å². The van der Waals surface area contributed by atoms with Crippen LogP contribution in [0.15, 0.2) is 17.0 Å². The van der Waals surface area contributed by atoms with E-state index in [9.17, 15) is 12.8 Å². The first-order valence-corrected chi connectivity index (χ1v) is 8.68. The zero-order chi connectivity index (χ0) is 14.3. The van der Waals surface area contributed by atoms with Crippen molar-refractivity contribution in [3.05, 3.63) is 23.0 Å². The first-order chi connectivity index (χ1) is 8.80. The number of nitrogens with one attached hydrogen (secondary N) is 1. The molecule has 1 aromatic rings. The van der Waals surface area contributed by atoms with E-state index in [-0.39, 0.29) is 22.0 Å². The van der Waals surface area contributed by atoms with Crippen LogP contribution in [-0.2, 0) is 10.0 Å². The van der Waals surface area contributed by atoms with Gasteiger partial charge in [-0.3, -0.25) is 0 Å². The minimum atomic E-state index is -3.94. The van der Waals surface area contributed by atoms with E-state index in [1.54, 1.807) is 11.8 Å². The minimum absolute atomic E-state index is 0.0480. The Balaban J connectivity index is 2.25. The molecule has 4 nitrogen and oxygen atoms in total. The van der Waals surface area contributed by atoms with Gasteiger partial charge in [0, 0.05) is 17.0 Å². The zero-order valence-electron chi connectivity index (χ0n) is 10.2. The van der Waals surface area contributed by atoms with E-state index >= 15 is 0 Å². The lowest BCUT2D eigenvalue weighted by atomic mass is 10.3. The molecule has 3 N–H and O–H groups in total. The summed E-state index contributed by atoms with van der Waals surface area (Å²) in [5.74, 6) is -0.975. The van der Waals surface area contributed by atoms with Crippen LogP contribution in [0, 0.1) is 5.82 Å². The second kappa shape index (κ2) is 5.12. The van der Waals surface area contributed by atoms with E-state index in [1.165, 1.54) is 6.07 Å². The van der Waals surface area contributed by atoms with E-state index in [0.29, 0.717) is 0 Å².